The molecule has 2 fully saturated rings. The second-order valence-corrected chi connectivity index (χ2v) is 7.23. The van der Waals surface area contributed by atoms with E-state index in [-0.39, 0.29) is 24.0 Å². The van der Waals surface area contributed by atoms with Crippen molar-refractivity contribution in [2.24, 2.45) is 0 Å². The highest BCUT2D eigenvalue weighted by atomic mass is 16.3. The number of urea groups is 1. The maximum absolute atomic E-state index is 12.6. The van der Waals surface area contributed by atoms with Gasteiger partial charge in [0.05, 0.1) is 12.1 Å². The molecule has 8 heteroatoms. The summed E-state index contributed by atoms with van der Waals surface area (Å²) in [6.45, 7) is 0. The number of nitrogens with zero attached hydrogens (tertiary/aromatic N) is 2. The summed E-state index contributed by atoms with van der Waals surface area (Å²) in [7, 11) is 1.58. The average molecular weight is 353 g/mol. The summed E-state index contributed by atoms with van der Waals surface area (Å²) in [4.78, 5) is 25.9. The van der Waals surface area contributed by atoms with Gasteiger partial charge >= 0.3 is 6.03 Å². The molecule has 3 heterocycles. The molecule has 5 rings (SSSR count). The van der Waals surface area contributed by atoms with Gasteiger partial charge < -0.3 is 26.0 Å². The van der Waals surface area contributed by atoms with Crippen molar-refractivity contribution in [2.75, 3.05) is 12.8 Å². The lowest BCUT2D eigenvalue weighted by molar-refractivity contribution is -0.0560. The molecular formula is C18H19N5O3. The number of nitrogen functional groups attached to an aromatic ring is 1. The third-order valence-electron chi connectivity index (χ3n) is 5.93. The summed E-state index contributed by atoms with van der Waals surface area (Å²) in [5.41, 5.74) is 7.51. The molecule has 1 aromatic carbocycles. The van der Waals surface area contributed by atoms with Gasteiger partial charge in [-0.3, -0.25) is 9.69 Å². The van der Waals surface area contributed by atoms with E-state index in [0.717, 1.165) is 11.3 Å². The zero-order chi connectivity index (χ0) is 18.2. The van der Waals surface area contributed by atoms with Crippen molar-refractivity contribution in [3.05, 3.63) is 42.1 Å². The van der Waals surface area contributed by atoms with Crippen LogP contribution in [0.4, 0.5) is 10.5 Å². The number of anilines is 1. The van der Waals surface area contributed by atoms with Crippen LogP contribution in [0, 0.1) is 0 Å². The number of amides is 3. The summed E-state index contributed by atoms with van der Waals surface area (Å²) in [5, 5.41) is 16.9. The SMILES string of the molecule is CN1C(=O)NC2C3NC(=O)c4ccc(-c5ccc(N)cc5)n4C3CC21O. The summed E-state index contributed by atoms with van der Waals surface area (Å²) in [5.74, 6) is -0.207. The number of aliphatic hydroxyl groups is 1. The van der Waals surface area contributed by atoms with Gasteiger partial charge in [-0.05, 0) is 29.8 Å². The van der Waals surface area contributed by atoms with Crippen LogP contribution in [-0.4, -0.2) is 51.4 Å². The van der Waals surface area contributed by atoms with Crippen molar-refractivity contribution in [2.45, 2.75) is 30.3 Å². The van der Waals surface area contributed by atoms with Crippen molar-refractivity contribution in [1.29, 1.82) is 0 Å². The minimum Gasteiger partial charge on any atom is -0.399 e. The number of hydrogen-bond acceptors (Lipinski definition) is 4. The van der Waals surface area contributed by atoms with Crippen LogP contribution in [-0.2, 0) is 0 Å². The number of aromatic nitrogens is 1. The van der Waals surface area contributed by atoms with Crippen molar-refractivity contribution in [1.82, 2.24) is 20.1 Å². The van der Waals surface area contributed by atoms with E-state index in [0.29, 0.717) is 17.8 Å². The molecule has 2 aliphatic heterocycles. The van der Waals surface area contributed by atoms with Gasteiger partial charge in [0.2, 0.25) is 0 Å². The molecule has 4 atom stereocenters. The highest BCUT2D eigenvalue weighted by Crippen LogP contribution is 2.46. The zero-order valence-electron chi connectivity index (χ0n) is 14.1. The Morgan fingerprint density at radius 2 is 1.81 bits per heavy atom. The first-order chi connectivity index (χ1) is 12.4. The normalized spacial score (nSPS) is 31.9. The first-order valence-electron chi connectivity index (χ1n) is 8.55. The lowest BCUT2D eigenvalue weighted by atomic mass is 10.0. The largest absolute Gasteiger partial charge is 0.399 e. The number of carbonyl (C=O) groups is 2. The molecule has 1 saturated carbocycles. The summed E-state index contributed by atoms with van der Waals surface area (Å²) < 4.78 is 1.98. The summed E-state index contributed by atoms with van der Waals surface area (Å²) in [6.07, 6.45) is 0.335. The quantitative estimate of drug-likeness (QED) is 0.559. The minimum absolute atomic E-state index is 0.164. The number of nitrogens with one attached hydrogen (secondary N) is 2. The number of hydrogen-bond donors (Lipinski definition) is 4. The maximum atomic E-state index is 12.6. The monoisotopic (exact) mass is 353 g/mol. The zero-order valence-corrected chi connectivity index (χ0v) is 14.1. The van der Waals surface area contributed by atoms with E-state index >= 15 is 0 Å². The predicted molar refractivity (Wildman–Crippen MR) is 94.2 cm³/mol. The third kappa shape index (κ3) is 1.76. The topological polar surface area (TPSA) is 113 Å². The highest BCUT2D eigenvalue weighted by Gasteiger charge is 2.63. The second-order valence-electron chi connectivity index (χ2n) is 7.23. The minimum atomic E-state index is -1.33. The Morgan fingerprint density at radius 1 is 1.12 bits per heavy atom. The molecule has 5 N–H and O–H groups in total. The van der Waals surface area contributed by atoms with Crippen LogP contribution >= 0.6 is 0 Å². The van der Waals surface area contributed by atoms with Crippen LogP contribution in [0.15, 0.2) is 36.4 Å². The molecule has 1 aromatic heterocycles. The van der Waals surface area contributed by atoms with E-state index in [1.165, 1.54) is 4.90 Å². The smallest absolute Gasteiger partial charge is 0.319 e. The fourth-order valence-corrected chi connectivity index (χ4v) is 4.56. The fraction of sp³-hybridized carbons (Fsp3) is 0.333. The van der Waals surface area contributed by atoms with Gasteiger partial charge in [0.25, 0.3) is 5.91 Å². The van der Waals surface area contributed by atoms with Crippen molar-refractivity contribution in [3.8, 4) is 11.3 Å². The Balaban J connectivity index is 1.63. The molecule has 1 saturated heterocycles. The molecule has 8 nitrogen and oxygen atoms in total. The molecule has 0 bridgehead atoms. The number of carbonyl (C=O) groups excluding carboxylic acids is 2. The third-order valence-corrected chi connectivity index (χ3v) is 5.93. The average Bonchev–Trinajstić information content (AvgIpc) is 3.23. The molecule has 0 spiro atoms. The molecule has 3 aliphatic rings. The highest BCUT2D eigenvalue weighted by molar-refractivity contribution is 5.95. The molecule has 2 aromatic rings. The van der Waals surface area contributed by atoms with Gasteiger partial charge in [-0.1, -0.05) is 12.1 Å². The van der Waals surface area contributed by atoms with E-state index in [1.54, 1.807) is 13.1 Å². The van der Waals surface area contributed by atoms with E-state index in [4.69, 9.17) is 5.73 Å². The van der Waals surface area contributed by atoms with E-state index in [1.807, 2.05) is 34.9 Å². The van der Waals surface area contributed by atoms with Crippen LogP contribution in [0.2, 0.25) is 0 Å². The van der Waals surface area contributed by atoms with Crippen LogP contribution in [0.25, 0.3) is 11.3 Å². The van der Waals surface area contributed by atoms with Gasteiger partial charge in [0.1, 0.15) is 11.7 Å². The first-order valence-corrected chi connectivity index (χ1v) is 8.55. The lowest BCUT2D eigenvalue weighted by Gasteiger charge is -2.33. The summed E-state index contributed by atoms with van der Waals surface area (Å²) in [6, 6.07) is 9.74. The second kappa shape index (κ2) is 4.79. The molecule has 26 heavy (non-hydrogen) atoms. The lowest BCUT2D eigenvalue weighted by Crippen LogP contribution is -2.56. The number of rotatable bonds is 1. The molecule has 3 amide bonds. The van der Waals surface area contributed by atoms with Crippen molar-refractivity contribution in [3.63, 3.8) is 0 Å². The Labute approximate surface area is 149 Å². The fourth-order valence-electron chi connectivity index (χ4n) is 4.56. The van der Waals surface area contributed by atoms with Gasteiger partial charge in [-0.2, -0.15) is 0 Å². The molecule has 134 valence electrons. The standard InChI is InChI=1S/C18H19N5O3/c1-22-17(25)21-15-14-13(8-18(15,22)26)23-11(6-7-12(23)16(24)20-14)9-2-4-10(19)5-3-9/h2-7,13-15,26H,8,19H2,1H3,(H,20,24)(H,21,25). The number of likely N-dealkylation sites (N-methyl/N-ethyl adjacent to an activating group) is 1. The predicted octanol–water partition coefficient (Wildman–Crippen LogP) is 0.506. The van der Waals surface area contributed by atoms with Crippen LogP contribution in [0.3, 0.4) is 0 Å². The maximum Gasteiger partial charge on any atom is 0.319 e. The van der Waals surface area contributed by atoms with E-state index in [9.17, 15) is 14.7 Å². The Kier molecular flexibility index (Phi) is 2.81. The molecular weight excluding hydrogens is 334 g/mol. The Bertz CT molecular complexity index is 937. The first kappa shape index (κ1) is 15.3. The molecule has 4 unspecified atom stereocenters. The molecule has 0 radical (unpaired) electrons. The van der Waals surface area contributed by atoms with Gasteiger partial charge in [-0.15, -0.1) is 0 Å². The van der Waals surface area contributed by atoms with Gasteiger partial charge in [0, 0.05) is 24.8 Å². The van der Waals surface area contributed by atoms with Crippen LogP contribution in [0.1, 0.15) is 23.0 Å². The van der Waals surface area contributed by atoms with E-state index < -0.39 is 11.8 Å². The van der Waals surface area contributed by atoms with Gasteiger partial charge in [0.15, 0.2) is 5.72 Å². The molecule has 1 aliphatic carbocycles. The summed E-state index contributed by atoms with van der Waals surface area (Å²) >= 11 is 0. The van der Waals surface area contributed by atoms with E-state index in [2.05, 4.69) is 10.6 Å². The van der Waals surface area contributed by atoms with Crippen molar-refractivity contribution < 1.29 is 14.7 Å². The number of nitrogens with two attached hydrogens (primary N) is 1. The Hall–Kier alpha value is -3.00. The van der Waals surface area contributed by atoms with Crippen molar-refractivity contribution >= 4 is 17.6 Å². The number of benzene rings is 1. The van der Waals surface area contributed by atoms with Gasteiger partial charge in [-0.25, -0.2) is 4.79 Å². The van der Waals surface area contributed by atoms with Crippen LogP contribution in [0.5, 0.6) is 0 Å². The van der Waals surface area contributed by atoms with Crippen LogP contribution < -0.4 is 16.4 Å². The number of fused-ring (bicyclic) bond motifs is 5. The Morgan fingerprint density at radius 3 is 2.54 bits per heavy atom.